The highest BCUT2D eigenvalue weighted by molar-refractivity contribution is 5.66. The van der Waals surface area contributed by atoms with Gasteiger partial charge in [0.25, 0.3) is 0 Å². The summed E-state index contributed by atoms with van der Waals surface area (Å²) in [5, 5.41) is 8.48. The van der Waals surface area contributed by atoms with Crippen LogP contribution in [0.1, 0.15) is 71.1 Å². The van der Waals surface area contributed by atoms with Crippen molar-refractivity contribution in [2.45, 2.75) is 71.1 Å². The first kappa shape index (κ1) is 18.5. The Morgan fingerprint density at radius 1 is 0.900 bits per heavy atom. The molecular weight excluding hydrogens is 248 g/mol. The Kier molecular flexibility index (Phi) is 14.4. The SMILES string of the molecule is CCCCCC/C=C/C#C/C=C/CCCCCC(=O)O. The first-order valence-corrected chi connectivity index (χ1v) is 7.80. The van der Waals surface area contributed by atoms with Crippen molar-refractivity contribution in [3.63, 3.8) is 0 Å². The van der Waals surface area contributed by atoms with Crippen LogP contribution in [0.4, 0.5) is 0 Å². The summed E-state index contributed by atoms with van der Waals surface area (Å²) >= 11 is 0. The van der Waals surface area contributed by atoms with Crippen LogP contribution in [0.2, 0.25) is 0 Å². The molecule has 0 aromatic heterocycles. The number of carboxylic acids is 1. The summed E-state index contributed by atoms with van der Waals surface area (Å²) in [5.41, 5.74) is 0. The van der Waals surface area contributed by atoms with E-state index in [0.717, 1.165) is 32.1 Å². The normalized spacial score (nSPS) is 10.8. The second-order valence-corrected chi connectivity index (χ2v) is 4.94. The third-order valence-electron chi connectivity index (χ3n) is 2.97. The van der Waals surface area contributed by atoms with Crippen molar-refractivity contribution in [2.24, 2.45) is 0 Å². The molecule has 0 aliphatic heterocycles. The molecule has 0 rings (SSSR count). The minimum atomic E-state index is -0.701. The van der Waals surface area contributed by atoms with Gasteiger partial charge < -0.3 is 5.11 Å². The van der Waals surface area contributed by atoms with Crippen molar-refractivity contribution < 1.29 is 9.90 Å². The molecule has 0 spiro atoms. The zero-order valence-electron chi connectivity index (χ0n) is 12.7. The quantitative estimate of drug-likeness (QED) is 0.420. The number of carboxylic acid groups (broad SMARTS) is 1. The van der Waals surface area contributed by atoms with Gasteiger partial charge in [0.05, 0.1) is 0 Å². The molecule has 0 atom stereocenters. The van der Waals surface area contributed by atoms with E-state index in [9.17, 15) is 4.79 Å². The molecule has 0 saturated heterocycles. The molecule has 0 aromatic rings. The average Bonchev–Trinajstić information content (AvgIpc) is 2.43. The molecule has 0 heterocycles. The van der Waals surface area contributed by atoms with Crippen molar-refractivity contribution in [3.05, 3.63) is 24.3 Å². The van der Waals surface area contributed by atoms with Gasteiger partial charge in [0.1, 0.15) is 0 Å². The number of carbonyl (C=O) groups is 1. The van der Waals surface area contributed by atoms with Crippen LogP contribution in [-0.2, 0) is 4.79 Å². The molecule has 0 radical (unpaired) electrons. The van der Waals surface area contributed by atoms with E-state index in [1.165, 1.54) is 25.7 Å². The van der Waals surface area contributed by atoms with Crippen LogP contribution in [0.25, 0.3) is 0 Å². The molecule has 0 fully saturated rings. The predicted octanol–water partition coefficient (Wildman–Crippen LogP) is 5.11. The second kappa shape index (κ2) is 15.6. The largest absolute Gasteiger partial charge is 0.481 e. The number of hydrogen-bond acceptors (Lipinski definition) is 1. The fraction of sp³-hybridized carbons (Fsp3) is 0.611. The highest BCUT2D eigenvalue weighted by atomic mass is 16.4. The van der Waals surface area contributed by atoms with Gasteiger partial charge in [0.2, 0.25) is 0 Å². The van der Waals surface area contributed by atoms with Gasteiger partial charge >= 0.3 is 5.97 Å². The summed E-state index contributed by atoms with van der Waals surface area (Å²) in [7, 11) is 0. The van der Waals surface area contributed by atoms with Gasteiger partial charge in [0, 0.05) is 6.42 Å². The van der Waals surface area contributed by atoms with Gasteiger partial charge in [-0.25, -0.2) is 0 Å². The Morgan fingerprint density at radius 2 is 1.45 bits per heavy atom. The molecule has 2 heteroatoms. The van der Waals surface area contributed by atoms with E-state index in [1.807, 2.05) is 12.2 Å². The maximum Gasteiger partial charge on any atom is 0.303 e. The molecule has 20 heavy (non-hydrogen) atoms. The van der Waals surface area contributed by atoms with Crippen LogP contribution in [0.15, 0.2) is 24.3 Å². The van der Waals surface area contributed by atoms with Crippen molar-refractivity contribution in [3.8, 4) is 11.8 Å². The average molecular weight is 276 g/mol. The zero-order valence-corrected chi connectivity index (χ0v) is 12.7. The Morgan fingerprint density at radius 3 is 1.95 bits per heavy atom. The monoisotopic (exact) mass is 276 g/mol. The number of unbranched alkanes of at least 4 members (excludes halogenated alkanes) is 7. The molecule has 0 aromatic carbocycles. The van der Waals surface area contributed by atoms with E-state index in [0.29, 0.717) is 0 Å². The van der Waals surface area contributed by atoms with Crippen molar-refractivity contribution in [1.82, 2.24) is 0 Å². The highest BCUT2D eigenvalue weighted by Crippen LogP contribution is 2.03. The summed E-state index contributed by atoms with van der Waals surface area (Å²) in [5.74, 6) is 5.28. The van der Waals surface area contributed by atoms with Crippen LogP contribution < -0.4 is 0 Å². The van der Waals surface area contributed by atoms with E-state index in [1.54, 1.807) is 0 Å². The topological polar surface area (TPSA) is 37.3 Å². The molecule has 0 aliphatic carbocycles. The Labute approximate surface area is 124 Å². The molecule has 0 bridgehead atoms. The van der Waals surface area contributed by atoms with Crippen LogP contribution >= 0.6 is 0 Å². The second-order valence-electron chi connectivity index (χ2n) is 4.94. The van der Waals surface area contributed by atoms with Gasteiger partial charge in [-0.15, -0.1) is 0 Å². The zero-order chi connectivity index (χ0) is 14.9. The third kappa shape index (κ3) is 16.5. The summed E-state index contributed by atoms with van der Waals surface area (Å²) < 4.78 is 0. The number of allylic oxidation sites excluding steroid dienone is 4. The molecule has 0 unspecified atom stereocenters. The number of hydrogen-bond donors (Lipinski definition) is 1. The van der Waals surface area contributed by atoms with Gasteiger partial charge in [-0.05, 0) is 44.3 Å². The lowest BCUT2D eigenvalue weighted by atomic mass is 10.1. The molecule has 112 valence electrons. The molecular formula is C18H28O2. The molecule has 0 amide bonds. The van der Waals surface area contributed by atoms with Gasteiger partial charge in [0.15, 0.2) is 0 Å². The summed E-state index contributed by atoms with van der Waals surface area (Å²) in [6.07, 6.45) is 18.4. The van der Waals surface area contributed by atoms with Crippen LogP contribution in [0.5, 0.6) is 0 Å². The highest BCUT2D eigenvalue weighted by Gasteiger charge is 1.94. The predicted molar refractivity (Wildman–Crippen MR) is 85.5 cm³/mol. The number of rotatable bonds is 11. The molecule has 0 saturated carbocycles. The summed E-state index contributed by atoms with van der Waals surface area (Å²) in [6, 6.07) is 0. The van der Waals surface area contributed by atoms with E-state index < -0.39 is 5.97 Å². The Bertz CT molecular complexity index is 342. The fourth-order valence-corrected chi connectivity index (χ4v) is 1.78. The Hall–Kier alpha value is -1.49. The van der Waals surface area contributed by atoms with E-state index in [2.05, 4.69) is 30.9 Å². The smallest absolute Gasteiger partial charge is 0.303 e. The van der Waals surface area contributed by atoms with Gasteiger partial charge in [-0.1, -0.05) is 56.6 Å². The van der Waals surface area contributed by atoms with E-state index >= 15 is 0 Å². The molecule has 0 aliphatic rings. The van der Waals surface area contributed by atoms with Crippen molar-refractivity contribution >= 4 is 5.97 Å². The molecule has 2 nitrogen and oxygen atoms in total. The standard InChI is InChI=1S/C18H28O2/c1-2-3-4-5-6-7-8-9-10-11-12-13-14-15-16-17-18(19)20/h7-8,11-12H,2-6,13-17H2,1H3,(H,19,20)/b8-7+,12-11+. The lowest BCUT2D eigenvalue weighted by Gasteiger charge is -1.94. The minimum absolute atomic E-state index is 0.284. The van der Waals surface area contributed by atoms with Gasteiger partial charge in [-0.2, -0.15) is 0 Å². The summed E-state index contributed by atoms with van der Waals surface area (Å²) in [4.78, 5) is 10.3. The summed E-state index contributed by atoms with van der Waals surface area (Å²) in [6.45, 7) is 2.22. The first-order chi connectivity index (χ1) is 9.77. The van der Waals surface area contributed by atoms with Crippen LogP contribution in [-0.4, -0.2) is 11.1 Å². The number of aliphatic carboxylic acids is 1. The fourth-order valence-electron chi connectivity index (χ4n) is 1.78. The van der Waals surface area contributed by atoms with Crippen molar-refractivity contribution in [2.75, 3.05) is 0 Å². The first-order valence-electron chi connectivity index (χ1n) is 7.80. The lowest BCUT2D eigenvalue weighted by molar-refractivity contribution is -0.137. The molecule has 1 N–H and O–H groups in total. The van der Waals surface area contributed by atoms with Crippen LogP contribution in [0.3, 0.4) is 0 Å². The lowest BCUT2D eigenvalue weighted by Crippen LogP contribution is -1.93. The maximum absolute atomic E-state index is 10.3. The minimum Gasteiger partial charge on any atom is -0.481 e. The Balaban J connectivity index is 3.39. The van der Waals surface area contributed by atoms with Gasteiger partial charge in [-0.3, -0.25) is 4.79 Å². The third-order valence-corrected chi connectivity index (χ3v) is 2.97. The maximum atomic E-state index is 10.3. The van der Waals surface area contributed by atoms with E-state index in [-0.39, 0.29) is 6.42 Å². The van der Waals surface area contributed by atoms with Crippen LogP contribution in [0, 0.1) is 11.8 Å². The van der Waals surface area contributed by atoms with Crippen molar-refractivity contribution in [1.29, 1.82) is 0 Å². The van der Waals surface area contributed by atoms with E-state index in [4.69, 9.17) is 5.11 Å².